The number of hydrogen-bond donors (Lipinski definition) is 1. The molecule has 19 heavy (non-hydrogen) atoms. The van der Waals surface area contributed by atoms with Gasteiger partial charge in [0.25, 0.3) is 0 Å². The lowest BCUT2D eigenvalue weighted by Gasteiger charge is -2.36. The first-order valence-corrected chi connectivity index (χ1v) is 7.36. The van der Waals surface area contributed by atoms with Gasteiger partial charge in [0.2, 0.25) is 0 Å². The van der Waals surface area contributed by atoms with Gasteiger partial charge >= 0.3 is 0 Å². The maximum absolute atomic E-state index is 5.07. The molecule has 1 aromatic carbocycles. The number of nitrogens with one attached hydrogen (secondary N) is 1. The van der Waals surface area contributed by atoms with Crippen molar-refractivity contribution in [3.63, 3.8) is 0 Å². The summed E-state index contributed by atoms with van der Waals surface area (Å²) in [6, 6.07) is 10.2. The van der Waals surface area contributed by atoms with Crippen LogP contribution in [0, 0.1) is 5.92 Å². The topological polar surface area (TPSA) is 24.5 Å². The highest BCUT2D eigenvalue weighted by Gasteiger charge is 2.38. The molecule has 2 aliphatic heterocycles. The van der Waals surface area contributed by atoms with Crippen molar-refractivity contribution in [1.82, 2.24) is 4.90 Å². The van der Waals surface area contributed by atoms with Gasteiger partial charge in [-0.05, 0) is 56.7 Å². The van der Waals surface area contributed by atoms with Gasteiger partial charge in [-0.15, -0.1) is 0 Å². The molecular weight excluding hydrogens is 236 g/mol. The molecule has 1 N–H and O–H groups in total. The van der Waals surface area contributed by atoms with E-state index in [1.165, 1.54) is 37.7 Å². The molecule has 3 rings (SSSR count). The molecule has 0 aliphatic carbocycles. The second kappa shape index (κ2) is 5.51. The maximum atomic E-state index is 5.07. The molecular formula is C16H24N2O. The van der Waals surface area contributed by atoms with Gasteiger partial charge in [-0.2, -0.15) is 0 Å². The molecule has 3 heteroatoms. The van der Waals surface area contributed by atoms with Gasteiger partial charge in [0.05, 0.1) is 12.8 Å². The maximum Gasteiger partial charge on any atom is 0.0636 e. The van der Waals surface area contributed by atoms with Crippen LogP contribution >= 0.6 is 0 Å². The molecule has 0 aromatic heterocycles. The number of fused-ring (bicyclic) bond motifs is 2. The van der Waals surface area contributed by atoms with Crippen LogP contribution < -0.4 is 5.48 Å². The molecule has 2 fully saturated rings. The molecule has 0 spiro atoms. The monoisotopic (exact) mass is 260 g/mol. The molecule has 1 unspecified atom stereocenters. The molecule has 1 aromatic rings. The summed E-state index contributed by atoms with van der Waals surface area (Å²) in [5, 5.41) is 0. The molecule has 3 nitrogen and oxygen atoms in total. The van der Waals surface area contributed by atoms with Crippen LogP contribution in [-0.4, -0.2) is 31.1 Å². The summed E-state index contributed by atoms with van der Waals surface area (Å²) < 4.78 is 0. The molecule has 104 valence electrons. The van der Waals surface area contributed by atoms with Crippen molar-refractivity contribution in [3.05, 3.63) is 29.8 Å². The summed E-state index contributed by atoms with van der Waals surface area (Å²) in [7, 11) is 3.98. The van der Waals surface area contributed by atoms with Gasteiger partial charge in [-0.3, -0.25) is 10.3 Å². The molecule has 2 saturated heterocycles. The van der Waals surface area contributed by atoms with Crippen molar-refractivity contribution in [3.8, 4) is 0 Å². The number of benzene rings is 1. The summed E-state index contributed by atoms with van der Waals surface area (Å²) in [6.07, 6.45) is 6.68. The fourth-order valence-electron chi connectivity index (χ4n) is 3.91. The molecule has 0 radical (unpaired) electrons. The number of rotatable bonds is 4. The average Bonchev–Trinajstić information content (AvgIpc) is 2.64. The quantitative estimate of drug-likeness (QED) is 0.842. The van der Waals surface area contributed by atoms with Gasteiger partial charge in [-0.1, -0.05) is 18.2 Å². The first-order valence-electron chi connectivity index (χ1n) is 7.36. The minimum atomic E-state index is 0.825. The van der Waals surface area contributed by atoms with Gasteiger partial charge in [0.1, 0.15) is 0 Å². The zero-order valence-corrected chi connectivity index (χ0v) is 11.9. The van der Waals surface area contributed by atoms with E-state index in [1.807, 2.05) is 0 Å². The van der Waals surface area contributed by atoms with Crippen LogP contribution in [0.4, 0.5) is 5.69 Å². The summed E-state index contributed by atoms with van der Waals surface area (Å²) in [5.74, 6) is 0.827. The summed E-state index contributed by atoms with van der Waals surface area (Å²) in [4.78, 5) is 7.68. The van der Waals surface area contributed by atoms with Crippen LogP contribution in [-0.2, 0) is 11.3 Å². The summed E-state index contributed by atoms with van der Waals surface area (Å²) in [6.45, 7) is 0. The van der Waals surface area contributed by atoms with E-state index in [1.54, 1.807) is 7.11 Å². The van der Waals surface area contributed by atoms with Gasteiger partial charge in [-0.25, -0.2) is 0 Å². The fraction of sp³-hybridized carbons (Fsp3) is 0.625. The first kappa shape index (κ1) is 12.9. The largest absolute Gasteiger partial charge is 0.300 e. The Labute approximate surface area is 115 Å². The third-order valence-electron chi connectivity index (χ3n) is 4.93. The molecule has 2 aliphatic rings. The highest BCUT2D eigenvalue weighted by Crippen LogP contribution is 2.39. The van der Waals surface area contributed by atoms with Gasteiger partial charge in [0, 0.05) is 12.1 Å². The average molecular weight is 260 g/mol. The van der Waals surface area contributed by atoms with Crippen LogP contribution in [0.25, 0.3) is 0 Å². The number of anilines is 1. The second-order valence-electron chi connectivity index (χ2n) is 6.06. The van der Waals surface area contributed by atoms with Crippen LogP contribution in [0.15, 0.2) is 24.3 Å². The minimum absolute atomic E-state index is 0.825. The minimum Gasteiger partial charge on any atom is -0.300 e. The Morgan fingerprint density at radius 1 is 1.21 bits per heavy atom. The second-order valence-corrected chi connectivity index (χ2v) is 6.06. The molecule has 2 bridgehead atoms. The van der Waals surface area contributed by atoms with E-state index in [9.17, 15) is 0 Å². The van der Waals surface area contributed by atoms with Crippen molar-refractivity contribution in [2.75, 3.05) is 19.6 Å². The number of nitrogens with zero attached hydrogens (tertiary/aromatic N) is 1. The van der Waals surface area contributed by atoms with E-state index in [0.717, 1.165) is 23.7 Å². The van der Waals surface area contributed by atoms with Crippen molar-refractivity contribution in [2.45, 2.75) is 44.2 Å². The van der Waals surface area contributed by atoms with E-state index in [4.69, 9.17) is 4.84 Å². The predicted octanol–water partition coefficient (Wildman–Crippen LogP) is 3.08. The predicted molar refractivity (Wildman–Crippen MR) is 78.1 cm³/mol. The zero-order chi connectivity index (χ0) is 13.2. The van der Waals surface area contributed by atoms with Crippen LogP contribution in [0.5, 0.6) is 0 Å². The third-order valence-corrected chi connectivity index (χ3v) is 4.93. The van der Waals surface area contributed by atoms with E-state index in [-0.39, 0.29) is 0 Å². The van der Waals surface area contributed by atoms with Gasteiger partial charge in [0.15, 0.2) is 0 Å². The Balaban J connectivity index is 1.69. The normalized spacial score (nSPS) is 30.5. The van der Waals surface area contributed by atoms with E-state index >= 15 is 0 Å². The lowest BCUT2D eigenvalue weighted by atomic mass is 9.86. The number of piperidine rings is 1. The van der Waals surface area contributed by atoms with E-state index in [2.05, 4.69) is 41.7 Å². The fourth-order valence-corrected chi connectivity index (χ4v) is 3.91. The molecule has 0 amide bonds. The van der Waals surface area contributed by atoms with Crippen molar-refractivity contribution < 1.29 is 4.84 Å². The standard InChI is InChI=1S/C16H24N2O/c1-18-14-7-8-15(18)11-12(10-14)9-13-5-3-4-6-16(13)17-19-2/h3-6,12,14-15,17H,7-11H2,1-2H3/t12?,14-,15+. The van der Waals surface area contributed by atoms with Crippen LogP contribution in [0.3, 0.4) is 0 Å². The van der Waals surface area contributed by atoms with E-state index in [0.29, 0.717) is 0 Å². The zero-order valence-electron chi connectivity index (χ0n) is 11.9. The Morgan fingerprint density at radius 2 is 1.89 bits per heavy atom. The Kier molecular flexibility index (Phi) is 3.76. The highest BCUT2D eigenvalue weighted by molar-refractivity contribution is 5.49. The lowest BCUT2D eigenvalue weighted by molar-refractivity contribution is 0.134. The van der Waals surface area contributed by atoms with Crippen molar-refractivity contribution in [2.24, 2.45) is 5.92 Å². The molecule has 0 saturated carbocycles. The van der Waals surface area contributed by atoms with Crippen molar-refractivity contribution >= 4 is 5.69 Å². The lowest BCUT2D eigenvalue weighted by Crippen LogP contribution is -2.40. The third kappa shape index (κ3) is 2.63. The highest BCUT2D eigenvalue weighted by atomic mass is 16.6. The summed E-state index contributed by atoms with van der Waals surface area (Å²) >= 11 is 0. The number of hydrogen-bond acceptors (Lipinski definition) is 3. The Morgan fingerprint density at radius 3 is 2.58 bits per heavy atom. The summed E-state index contributed by atoms with van der Waals surface area (Å²) in [5.41, 5.74) is 5.51. The molecule has 2 heterocycles. The number of para-hydroxylation sites is 1. The Hall–Kier alpha value is -1.06. The Bertz CT molecular complexity index is 421. The SMILES string of the molecule is CONc1ccccc1CC1C[C@H]2CC[C@@H](C1)N2C. The van der Waals surface area contributed by atoms with Gasteiger partial charge < -0.3 is 4.90 Å². The van der Waals surface area contributed by atoms with Crippen molar-refractivity contribution in [1.29, 1.82) is 0 Å². The van der Waals surface area contributed by atoms with Crippen LogP contribution in [0.2, 0.25) is 0 Å². The smallest absolute Gasteiger partial charge is 0.0636 e. The van der Waals surface area contributed by atoms with E-state index < -0.39 is 0 Å². The molecule has 3 atom stereocenters. The first-order chi connectivity index (χ1) is 9.28. The van der Waals surface area contributed by atoms with Crippen LogP contribution in [0.1, 0.15) is 31.2 Å².